The second kappa shape index (κ2) is 12.2. The Morgan fingerprint density at radius 1 is 1.03 bits per heavy atom. The van der Waals surface area contributed by atoms with Crippen LogP contribution in [0, 0.1) is 17.8 Å². The lowest BCUT2D eigenvalue weighted by Crippen LogP contribution is -2.56. The van der Waals surface area contributed by atoms with Crippen molar-refractivity contribution in [1.29, 1.82) is 0 Å². The van der Waals surface area contributed by atoms with E-state index in [0.717, 1.165) is 65.1 Å². The smallest absolute Gasteiger partial charge is 0.363 e. The first kappa shape index (κ1) is 27.9. The number of para-hydroxylation sites is 1. The van der Waals surface area contributed by atoms with Crippen LogP contribution in [0.3, 0.4) is 0 Å². The number of nitrogens with one attached hydrogen (secondary N) is 1. The number of hydrogen-bond donors (Lipinski definition) is 1. The highest BCUT2D eigenvalue weighted by molar-refractivity contribution is 6.35. The van der Waals surface area contributed by atoms with Crippen molar-refractivity contribution in [3.63, 3.8) is 0 Å². The standard InChI is InChI=1S/C29H35Cl2N5.CO2/c1-18-12-23(13-18)35-11-5-6-20(15-35)21-16-36(17-21)29-33-27-8-4-3-7-25(27)28(34-29)32-19(2)24-10-9-22(30)14-26(24)31;2-1-3/h3-4,7-10,14,18-21,23H,5-6,11-13,15-17H2,1-2H3,(H,32,33,34);/t18?,19-,20+,23?;/m1./s1. The molecule has 2 aliphatic heterocycles. The molecule has 3 heterocycles. The highest BCUT2D eigenvalue weighted by Gasteiger charge is 2.40. The molecule has 3 fully saturated rings. The van der Waals surface area contributed by atoms with Crippen LogP contribution >= 0.6 is 23.2 Å². The number of aromatic nitrogens is 2. The number of halogens is 2. The topological polar surface area (TPSA) is 78.4 Å². The van der Waals surface area contributed by atoms with Crippen LogP contribution in [-0.4, -0.2) is 53.2 Å². The van der Waals surface area contributed by atoms with E-state index in [0.29, 0.717) is 10.0 Å². The van der Waals surface area contributed by atoms with E-state index < -0.39 is 0 Å². The van der Waals surface area contributed by atoms with E-state index in [1.54, 1.807) is 6.07 Å². The lowest BCUT2D eigenvalue weighted by molar-refractivity contribution is -0.191. The average molecular weight is 569 g/mol. The number of nitrogens with zero attached hydrogens (tertiary/aromatic N) is 4. The van der Waals surface area contributed by atoms with Crippen LogP contribution in [0.2, 0.25) is 10.0 Å². The van der Waals surface area contributed by atoms with E-state index in [4.69, 9.17) is 42.8 Å². The summed E-state index contributed by atoms with van der Waals surface area (Å²) in [4.78, 5) is 31.3. The Kier molecular flexibility index (Phi) is 8.73. The summed E-state index contributed by atoms with van der Waals surface area (Å²) in [6, 6.07) is 14.7. The molecule has 0 bridgehead atoms. The van der Waals surface area contributed by atoms with E-state index in [9.17, 15) is 0 Å². The van der Waals surface area contributed by atoms with Crippen molar-refractivity contribution >= 4 is 52.0 Å². The van der Waals surface area contributed by atoms with Crippen LogP contribution in [0.5, 0.6) is 0 Å². The van der Waals surface area contributed by atoms with Gasteiger partial charge in [-0.3, -0.25) is 0 Å². The summed E-state index contributed by atoms with van der Waals surface area (Å²) in [5.74, 6) is 4.13. The van der Waals surface area contributed by atoms with Gasteiger partial charge in [-0.2, -0.15) is 14.6 Å². The van der Waals surface area contributed by atoms with Crippen LogP contribution in [0.15, 0.2) is 42.5 Å². The fourth-order valence-corrected chi connectivity index (χ4v) is 6.91. The van der Waals surface area contributed by atoms with Crippen LogP contribution in [-0.2, 0) is 9.59 Å². The summed E-state index contributed by atoms with van der Waals surface area (Å²) >= 11 is 12.6. The Labute approximate surface area is 239 Å². The number of piperidine rings is 1. The number of carbonyl (C=O) groups excluding carboxylic acids is 2. The summed E-state index contributed by atoms with van der Waals surface area (Å²) < 4.78 is 0. The molecule has 1 aliphatic carbocycles. The summed E-state index contributed by atoms with van der Waals surface area (Å²) in [6.07, 6.45) is 5.74. The molecule has 1 N–H and O–H groups in total. The molecule has 39 heavy (non-hydrogen) atoms. The number of benzene rings is 2. The molecule has 3 aromatic rings. The van der Waals surface area contributed by atoms with Crippen molar-refractivity contribution in [3.05, 3.63) is 58.1 Å². The molecule has 2 aromatic carbocycles. The zero-order valence-electron chi connectivity index (χ0n) is 22.4. The fourth-order valence-electron chi connectivity index (χ4n) is 6.34. The minimum absolute atomic E-state index is 0.0208. The van der Waals surface area contributed by atoms with Crippen LogP contribution < -0.4 is 10.2 Å². The Bertz CT molecular complexity index is 1340. The van der Waals surface area contributed by atoms with Gasteiger partial charge in [0.05, 0.1) is 11.6 Å². The van der Waals surface area contributed by atoms with Gasteiger partial charge in [-0.1, -0.05) is 48.3 Å². The SMILES string of the molecule is CC1CC(N2CCC[C@H](C3CN(c4nc(N[C@H](C)c5ccc(Cl)cc5Cl)c5ccccc5n4)C3)C2)C1.O=C=O. The number of anilines is 2. The normalized spacial score (nSPS) is 24.1. The zero-order valence-corrected chi connectivity index (χ0v) is 24.0. The molecule has 206 valence electrons. The molecule has 0 spiro atoms. The molecule has 6 rings (SSSR count). The molecule has 9 heteroatoms. The van der Waals surface area contributed by atoms with Gasteiger partial charge >= 0.3 is 6.15 Å². The molecule has 0 unspecified atom stereocenters. The summed E-state index contributed by atoms with van der Waals surface area (Å²) in [5, 5.41) is 5.92. The largest absolute Gasteiger partial charge is 0.373 e. The molecular formula is C30H35Cl2N5O2. The number of likely N-dealkylation sites (tertiary alicyclic amines) is 1. The summed E-state index contributed by atoms with van der Waals surface area (Å²) in [5.41, 5.74) is 1.96. The zero-order chi connectivity index (χ0) is 27.5. The first-order valence-corrected chi connectivity index (χ1v) is 14.6. The predicted molar refractivity (Wildman–Crippen MR) is 155 cm³/mol. The molecular weight excluding hydrogens is 533 g/mol. The number of fused-ring (bicyclic) bond motifs is 1. The van der Waals surface area contributed by atoms with Gasteiger partial charge in [0, 0.05) is 41.1 Å². The van der Waals surface area contributed by atoms with Gasteiger partial charge in [0.2, 0.25) is 5.95 Å². The van der Waals surface area contributed by atoms with Crippen LogP contribution in [0.4, 0.5) is 11.8 Å². The molecule has 2 saturated heterocycles. The van der Waals surface area contributed by atoms with Crippen LogP contribution in [0.25, 0.3) is 10.9 Å². The third kappa shape index (κ3) is 6.22. The van der Waals surface area contributed by atoms with Gasteiger partial charge in [0.1, 0.15) is 5.82 Å². The molecule has 2 atom stereocenters. The molecule has 7 nitrogen and oxygen atoms in total. The molecule has 0 amide bonds. The van der Waals surface area contributed by atoms with Gasteiger partial charge in [-0.15, -0.1) is 0 Å². The van der Waals surface area contributed by atoms with Gasteiger partial charge in [-0.05, 0) is 86.7 Å². The van der Waals surface area contributed by atoms with Crippen molar-refractivity contribution in [2.24, 2.45) is 17.8 Å². The van der Waals surface area contributed by atoms with Crippen molar-refractivity contribution in [2.75, 3.05) is 36.4 Å². The van der Waals surface area contributed by atoms with Crippen LogP contribution in [0.1, 0.15) is 51.1 Å². The molecule has 1 aromatic heterocycles. The maximum absolute atomic E-state index is 8.12. The first-order chi connectivity index (χ1) is 18.9. The van der Waals surface area contributed by atoms with Crippen molar-refractivity contribution in [1.82, 2.24) is 14.9 Å². The first-order valence-electron chi connectivity index (χ1n) is 13.8. The van der Waals surface area contributed by atoms with E-state index >= 15 is 0 Å². The van der Waals surface area contributed by atoms with Crippen molar-refractivity contribution < 1.29 is 9.59 Å². The van der Waals surface area contributed by atoms with Crippen molar-refractivity contribution in [3.8, 4) is 0 Å². The van der Waals surface area contributed by atoms with Crippen molar-refractivity contribution in [2.45, 2.75) is 51.6 Å². The number of hydrogen-bond acceptors (Lipinski definition) is 7. The monoisotopic (exact) mass is 567 g/mol. The Morgan fingerprint density at radius 2 is 1.77 bits per heavy atom. The van der Waals surface area contributed by atoms with Gasteiger partial charge in [0.25, 0.3) is 0 Å². The lowest BCUT2D eigenvalue weighted by atomic mass is 9.76. The quantitative estimate of drug-likeness (QED) is 0.365. The maximum atomic E-state index is 8.12. The van der Waals surface area contributed by atoms with E-state index in [1.807, 2.05) is 24.3 Å². The second-order valence-electron chi connectivity index (χ2n) is 11.3. The molecule has 3 aliphatic rings. The third-order valence-electron chi connectivity index (χ3n) is 8.59. The predicted octanol–water partition coefficient (Wildman–Crippen LogP) is 6.47. The Balaban J connectivity index is 0.000000983. The lowest BCUT2D eigenvalue weighted by Gasteiger charge is -2.50. The summed E-state index contributed by atoms with van der Waals surface area (Å²) in [6.45, 7) is 9.16. The molecule has 1 saturated carbocycles. The Hall–Kier alpha value is -2.70. The molecule has 0 radical (unpaired) electrons. The average Bonchev–Trinajstić information content (AvgIpc) is 2.86. The van der Waals surface area contributed by atoms with E-state index in [2.05, 4.69) is 41.1 Å². The van der Waals surface area contributed by atoms with Gasteiger partial charge in [-0.25, -0.2) is 4.98 Å². The third-order valence-corrected chi connectivity index (χ3v) is 9.15. The maximum Gasteiger partial charge on any atom is 0.373 e. The van der Waals surface area contributed by atoms with E-state index in [-0.39, 0.29) is 12.2 Å². The van der Waals surface area contributed by atoms with Gasteiger partial charge < -0.3 is 15.1 Å². The Morgan fingerprint density at radius 3 is 2.49 bits per heavy atom. The minimum atomic E-state index is -0.0208. The van der Waals surface area contributed by atoms with E-state index in [1.165, 1.54) is 38.8 Å². The fraction of sp³-hybridized carbons (Fsp3) is 0.500. The summed E-state index contributed by atoms with van der Waals surface area (Å²) in [7, 11) is 0. The highest BCUT2D eigenvalue weighted by atomic mass is 35.5. The van der Waals surface area contributed by atoms with Gasteiger partial charge in [0.15, 0.2) is 0 Å². The second-order valence-corrected chi connectivity index (χ2v) is 12.1. The highest BCUT2D eigenvalue weighted by Crippen LogP contribution is 2.38. The number of rotatable bonds is 6. The minimum Gasteiger partial charge on any atom is -0.363 e.